The fraction of sp³-hybridized carbons (Fsp3) is 0.632. The van der Waals surface area contributed by atoms with E-state index in [-0.39, 0.29) is 0 Å². The molecule has 0 aliphatic carbocycles. The topological polar surface area (TPSA) is 17.1 Å². The zero-order valence-electron chi connectivity index (χ0n) is 13.4. The average molecular weight is 274 g/mol. The van der Waals surface area contributed by atoms with Crippen LogP contribution in [-0.4, -0.2) is 5.78 Å². The van der Waals surface area contributed by atoms with Crippen molar-refractivity contribution in [1.29, 1.82) is 0 Å². The molecule has 1 rings (SSSR count). The molecular formula is C19H30O. The lowest BCUT2D eigenvalue weighted by molar-refractivity contribution is -0.121. The first-order valence-corrected chi connectivity index (χ1v) is 8.21. The summed E-state index contributed by atoms with van der Waals surface area (Å²) in [4.78, 5) is 11.4. The lowest BCUT2D eigenvalue weighted by Crippen LogP contribution is -2.10. The summed E-state index contributed by atoms with van der Waals surface area (Å²) in [5.41, 5.74) is 1.45. The van der Waals surface area contributed by atoms with E-state index in [1.807, 2.05) is 0 Å². The van der Waals surface area contributed by atoms with Gasteiger partial charge in [-0.2, -0.15) is 0 Å². The van der Waals surface area contributed by atoms with Crippen LogP contribution < -0.4 is 0 Å². The molecule has 0 aromatic heterocycles. The number of aryl methyl sites for hydroxylation is 1. The van der Waals surface area contributed by atoms with E-state index >= 15 is 0 Å². The maximum Gasteiger partial charge on any atom is 0.132 e. The van der Waals surface area contributed by atoms with Gasteiger partial charge in [0, 0.05) is 5.92 Å². The van der Waals surface area contributed by atoms with Gasteiger partial charge in [-0.3, -0.25) is 4.79 Å². The van der Waals surface area contributed by atoms with Crippen LogP contribution in [0.2, 0.25) is 0 Å². The van der Waals surface area contributed by atoms with Gasteiger partial charge in [0.25, 0.3) is 0 Å². The SMILES string of the molecule is CC[C@@H](CCC[C@H](CC)C(C)=O)CCc1ccccc1. The van der Waals surface area contributed by atoms with E-state index in [9.17, 15) is 4.79 Å². The molecule has 112 valence electrons. The first kappa shape index (κ1) is 16.9. The van der Waals surface area contributed by atoms with E-state index in [0.717, 1.165) is 18.8 Å². The fourth-order valence-corrected chi connectivity index (χ4v) is 2.92. The Balaban J connectivity index is 2.27. The Morgan fingerprint density at radius 2 is 1.70 bits per heavy atom. The van der Waals surface area contributed by atoms with Crippen LogP contribution in [0.5, 0.6) is 0 Å². The van der Waals surface area contributed by atoms with E-state index in [1.165, 1.54) is 37.7 Å². The standard InChI is InChI=1S/C19H30O/c1-4-17(12-9-13-19(5-2)16(3)20)14-15-18-10-7-6-8-11-18/h6-8,10-11,17,19H,4-5,9,12-15H2,1-3H3/t17-,19-/m0/s1. The molecule has 0 unspecified atom stereocenters. The first-order valence-electron chi connectivity index (χ1n) is 8.21. The fourth-order valence-electron chi connectivity index (χ4n) is 2.92. The van der Waals surface area contributed by atoms with Crippen molar-refractivity contribution < 1.29 is 4.79 Å². The molecule has 0 saturated carbocycles. The summed E-state index contributed by atoms with van der Waals surface area (Å²) in [5.74, 6) is 1.46. The van der Waals surface area contributed by atoms with Gasteiger partial charge in [0.2, 0.25) is 0 Å². The van der Waals surface area contributed by atoms with Gasteiger partial charge in [-0.25, -0.2) is 0 Å². The molecule has 20 heavy (non-hydrogen) atoms. The molecule has 0 saturated heterocycles. The van der Waals surface area contributed by atoms with Crippen LogP contribution >= 0.6 is 0 Å². The van der Waals surface area contributed by atoms with Gasteiger partial charge in [0.05, 0.1) is 0 Å². The zero-order valence-corrected chi connectivity index (χ0v) is 13.4. The average Bonchev–Trinajstić information content (AvgIpc) is 2.47. The van der Waals surface area contributed by atoms with E-state index in [2.05, 4.69) is 44.2 Å². The number of Topliss-reactive ketones (excluding diaryl/α,β-unsaturated/α-hetero) is 1. The van der Waals surface area contributed by atoms with E-state index in [1.54, 1.807) is 6.92 Å². The molecule has 0 N–H and O–H groups in total. The van der Waals surface area contributed by atoms with Crippen molar-refractivity contribution in [3.8, 4) is 0 Å². The van der Waals surface area contributed by atoms with Gasteiger partial charge >= 0.3 is 0 Å². The number of carbonyl (C=O) groups is 1. The van der Waals surface area contributed by atoms with Gasteiger partial charge in [-0.05, 0) is 44.1 Å². The van der Waals surface area contributed by atoms with E-state index in [0.29, 0.717) is 11.7 Å². The quantitative estimate of drug-likeness (QED) is 0.556. The summed E-state index contributed by atoms with van der Waals surface area (Å²) in [6.45, 7) is 6.15. The molecule has 1 aromatic carbocycles. The monoisotopic (exact) mass is 274 g/mol. The number of hydrogen-bond donors (Lipinski definition) is 0. The van der Waals surface area contributed by atoms with Gasteiger partial charge in [-0.15, -0.1) is 0 Å². The Hall–Kier alpha value is -1.11. The number of ketones is 1. The minimum atomic E-state index is 0.293. The maximum absolute atomic E-state index is 11.4. The molecule has 0 aliphatic rings. The second-order valence-corrected chi connectivity index (χ2v) is 5.95. The molecule has 0 aliphatic heterocycles. The van der Waals surface area contributed by atoms with E-state index < -0.39 is 0 Å². The van der Waals surface area contributed by atoms with Crippen LogP contribution in [0, 0.1) is 11.8 Å². The van der Waals surface area contributed by atoms with Gasteiger partial charge in [0.1, 0.15) is 5.78 Å². The summed E-state index contributed by atoms with van der Waals surface area (Å²) in [6.07, 6.45) is 8.26. The Morgan fingerprint density at radius 3 is 2.25 bits per heavy atom. The van der Waals surface area contributed by atoms with Crippen LogP contribution in [-0.2, 0) is 11.2 Å². The van der Waals surface area contributed by atoms with Crippen molar-refractivity contribution in [3.63, 3.8) is 0 Å². The highest BCUT2D eigenvalue weighted by molar-refractivity contribution is 5.78. The number of carbonyl (C=O) groups excluding carboxylic acids is 1. The summed E-state index contributed by atoms with van der Waals surface area (Å²) >= 11 is 0. The lowest BCUT2D eigenvalue weighted by atomic mass is 9.89. The molecule has 0 fully saturated rings. The predicted molar refractivity (Wildman–Crippen MR) is 86.9 cm³/mol. The van der Waals surface area contributed by atoms with Crippen molar-refractivity contribution in [2.24, 2.45) is 11.8 Å². The van der Waals surface area contributed by atoms with Gasteiger partial charge in [-0.1, -0.05) is 63.4 Å². The zero-order chi connectivity index (χ0) is 14.8. The third-order valence-corrected chi connectivity index (χ3v) is 4.49. The van der Waals surface area contributed by atoms with Crippen molar-refractivity contribution in [1.82, 2.24) is 0 Å². The highest BCUT2D eigenvalue weighted by atomic mass is 16.1. The highest BCUT2D eigenvalue weighted by Gasteiger charge is 2.13. The molecule has 2 atom stereocenters. The second kappa shape index (κ2) is 9.74. The molecule has 0 amide bonds. The minimum absolute atomic E-state index is 0.293. The molecule has 1 heteroatoms. The van der Waals surface area contributed by atoms with Crippen LogP contribution in [0.25, 0.3) is 0 Å². The van der Waals surface area contributed by atoms with Gasteiger partial charge in [0.15, 0.2) is 0 Å². The van der Waals surface area contributed by atoms with Crippen LogP contribution in [0.15, 0.2) is 30.3 Å². The number of hydrogen-bond acceptors (Lipinski definition) is 1. The third kappa shape index (κ3) is 6.36. The molecular weight excluding hydrogens is 244 g/mol. The Bertz CT molecular complexity index is 369. The highest BCUT2D eigenvalue weighted by Crippen LogP contribution is 2.22. The summed E-state index contributed by atoms with van der Waals surface area (Å²) in [7, 11) is 0. The summed E-state index contributed by atoms with van der Waals surface area (Å²) in [5, 5.41) is 0. The first-order chi connectivity index (χ1) is 9.67. The molecule has 0 radical (unpaired) electrons. The molecule has 1 nitrogen and oxygen atoms in total. The molecule has 0 spiro atoms. The van der Waals surface area contributed by atoms with Crippen LogP contribution in [0.4, 0.5) is 0 Å². The van der Waals surface area contributed by atoms with Crippen LogP contribution in [0.1, 0.15) is 64.9 Å². The Labute approximate surface area is 124 Å². The molecule has 0 heterocycles. The van der Waals surface area contributed by atoms with Crippen molar-refractivity contribution in [2.75, 3.05) is 0 Å². The van der Waals surface area contributed by atoms with Crippen molar-refractivity contribution in [3.05, 3.63) is 35.9 Å². The lowest BCUT2D eigenvalue weighted by Gasteiger charge is -2.16. The second-order valence-electron chi connectivity index (χ2n) is 5.95. The maximum atomic E-state index is 11.4. The summed E-state index contributed by atoms with van der Waals surface area (Å²) < 4.78 is 0. The van der Waals surface area contributed by atoms with Crippen molar-refractivity contribution >= 4 is 5.78 Å². The number of rotatable bonds is 10. The van der Waals surface area contributed by atoms with Crippen molar-refractivity contribution in [2.45, 2.75) is 65.7 Å². The largest absolute Gasteiger partial charge is 0.300 e. The normalized spacial score (nSPS) is 13.9. The summed E-state index contributed by atoms with van der Waals surface area (Å²) in [6, 6.07) is 10.8. The smallest absolute Gasteiger partial charge is 0.132 e. The molecule has 0 bridgehead atoms. The van der Waals surface area contributed by atoms with E-state index in [4.69, 9.17) is 0 Å². The third-order valence-electron chi connectivity index (χ3n) is 4.49. The minimum Gasteiger partial charge on any atom is -0.300 e. The Morgan fingerprint density at radius 1 is 1.00 bits per heavy atom. The molecule has 1 aromatic rings. The van der Waals surface area contributed by atoms with Crippen LogP contribution in [0.3, 0.4) is 0 Å². The predicted octanol–water partition coefficient (Wildman–Crippen LogP) is 5.43. The Kier molecular flexibility index (Phi) is 8.25. The number of benzene rings is 1. The van der Waals surface area contributed by atoms with Gasteiger partial charge < -0.3 is 0 Å².